The first kappa shape index (κ1) is 17.4. The van der Waals surface area contributed by atoms with Crippen LogP contribution < -0.4 is 4.74 Å². The maximum Gasteiger partial charge on any atom is 0.331 e. The van der Waals surface area contributed by atoms with Gasteiger partial charge in [-0.2, -0.15) is 0 Å². The SMILES string of the molecule is O=C(CN1CCCCCCC1=O)Oc1c(Cl)cc(Cl)cc1Cl. The van der Waals surface area contributed by atoms with E-state index in [0.717, 1.165) is 25.7 Å². The molecular weight excluding hydrogens is 349 g/mol. The lowest BCUT2D eigenvalue weighted by Crippen LogP contribution is -2.38. The zero-order chi connectivity index (χ0) is 16.1. The number of likely N-dealkylation sites (tertiary alicyclic amines) is 1. The number of nitrogens with zero attached hydrogens (tertiary/aromatic N) is 1. The number of hydrogen-bond donors (Lipinski definition) is 0. The number of benzene rings is 1. The molecule has 1 amide bonds. The highest BCUT2D eigenvalue weighted by atomic mass is 35.5. The third kappa shape index (κ3) is 4.77. The first-order chi connectivity index (χ1) is 10.5. The summed E-state index contributed by atoms with van der Waals surface area (Å²) in [4.78, 5) is 25.6. The Kier molecular flexibility index (Phi) is 6.36. The molecule has 1 aromatic rings. The molecule has 0 saturated carbocycles. The number of ether oxygens (including phenoxy) is 1. The molecule has 1 aromatic carbocycles. The van der Waals surface area contributed by atoms with E-state index >= 15 is 0 Å². The van der Waals surface area contributed by atoms with E-state index in [0.29, 0.717) is 18.0 Å². The van der Waals surface area contributed by atoms with Gasteiger partial charge in [-0.15, -0.1) is 0 Å². The van der Waals surface area contributed by atoms with Crippen molar-refractivity contribution in [3.05, 3.63) is 27.2 Å². The van der Waals surface area contributed by atoms with E-state index in [-0.39, 0.29) is 28.2 Å². The lowest BCUT2D eigenvalue weighted by atomic mass is 10.1. The third-order valence-corrected chi connectivity index (χ3v) is 4.20. The van der Waals surface area contributed by atoms with Crippen LogP contribution in [0.5, 0.6) is 5.75 Å². The van der Waals surface area contributed by atoms with E-state index in [4.69, 9.17) is 39.5 Å². The number of amides is 1. The van der Waals surface area contributed by atoms with Gasteiger partial charge in [-0.25, -0.2) is 4.79 Å². The van der Waals surface area contributed by atoms with Gasteiger partial charge in [0.25, 0.3) is 0 Å². The highest BCUT2D eigenvalue weighted by Crippen LogP contribution is 2.35. The molecule has 22 heavy (non-hydrogen) atoms. The topological polar surface area (TPSA) is 46.6 Å². The normalized spacial score (nSPS) is 16.1. The zero-order valence-corrected chi connectivity index (χ0v) is 14.2. The van der Waals surface area contributed by atoms with Crippen LogP contribution in [0.15, 0.2) is 12.1 Å². The summed E-state index contributed by atoms with van der Waals surface area (Å²) >= 11 is 17.7. The van der Waals surface area contributed by atoms with Crippen molar-refractivity contribution in [2.75, 3.05) is 13.1 Å². The molecule has 0 spiro atoms. The average molecular weight is 365 g/mol. The molecule has 0 radical (unpaired) electrons. The Labute approximate surface area is 144 Å². The Hall–Kier alpha value is -0.970. The number of hydrogen-bond acceptors (Lipinski definition) is 3. The highest BCUT2D eigenvalue weighted by Gasteiger charge is 2.21. The molecule has 0 aliphatic carbocycles. The van der Waals surface area contributed by atoms with E-state index < -0.39 is 5.97 Å². The molecule has 4 nitrogen and oxygen atoms in total. The molecule has 7 heteroatoms. The standard InChI is InChI=1S/C15H16Cl3NO3/c16-10-7-11(17)15(12(18)8-10)22-14(21)9-19-6-4-2-1-3-5-13(19)20/h7-8H,1-6,9H2. The maximum absolute atomic E-state index is 12.0. The molecule has 0 atom stereocenters. The second kappa shape index (κ2) is 8.04. The Bertz CT molecular complexity index is 554. The Morgan fingerprint density at radius 1 is 1.09 bits per heavy atom. The van der Waals surface area contributed by atoms with E-state index in [1.807, 2.05) is 0 Å². The van der Waals surface area contributed by atoms with Gasteiger partial charge in [-0.3, -0.25) is 4.79 Å². The lowest BCUT2D eigenvalue weighted by molar-refractivity contribution is -0.143. The predicted molar refractivity (Wildman–Crippen MR) is 86.8 cm³/mol. The second-order valence-corrected chi connectivity index (χ2v) is 6.40. The molecule has 1 fully saturated rings. The Morgan fingerprint density at radius 2 is 1.73 bits per heavy atom. The highest BCUT2D eigenvalue weighted by molar-refractivity contribution is 6.40. The van der Waals surface area contributed by atoms with Crippen LogP contribution in [0.2, 0.25) is 15.1 Å². The van der Waals surface area contributed by atoms with Gasteiger partial charge in [0.1, 0.15) is 6.54 Å². The van der Waals surface area contributed by atoms with Crippen molar-refractivity contribution in [2.24, 2.45) is 0 Å². The average Bonchev–Trinajstić information content (AvgIpc) is 2.42. The maximum atomic E-state index is 12.0. The van der Waals surface area contributed by atoms with Crippen molar-refractivity contribution < 1.29 is 14.3 Å². The zero-order valence-electron chi connectivity index (χ0n) is 11.9. The number of rotatable bonds is 3. The van der Waals surface area contributed by atoms with E-state index in [9.17, 15) is 9.59 Å². The lowest BCUT2D eigenvalue weighted by Gasteiger charge is -2.23. The first-order valence-electron chi connectivity index (χ1n) is 7.10. The van der Waals surface area contributed by atoms with Crippen molar-refractivity contribution in [1.82, 2.24) is 4.90 Å². The van der Waals surface area contributed by atoms with Crippen LogP contribution in [0.4, 0.5) is 0 Å². The minimum atomic E-state index is -0.569. The van der Waals surface area contributed by atoms with Crippen molar-refractivity contribution >= 4 is 46.7 Å². The van der Waals surface area contributed by atoms with Gasteiger partial charge in [0.2, 0.25) is 5.91 Å². The number of esters is 1. The minimum Gasteiger partial charge on any atom is -0.422 e. The quantitative estimate of drug-likeness (QED) is 0.592. The van der Waals surface area contributed by atoms with Crippen LogP contribution >= 0.6 is 34.8 Å². The van der Waals surface area contributed by atoms with Gasteiger partial charge in [-0.05, 0) is 25.0 Å². The van der Waals surface area contributed by atoms with Crippen LogP contribution in [0, 0.1) is 0 Å². The van der Waals surface area contributed by atoms with E-state index in [1.54, 1.807) is 0 Å². The molecular formula is C15H16Cl3NO3. The molecule has 120 valence electrons. The van der Waals surface area contributed by atoms with Crippen molar-refractivity contribution in [3.63, 3.8) is 0 Å². The Morgan fingerprint density at radius 3 is 2.41 bits per heavy atom. The number of carbonyl (C=O) groups is 2. The summed E-state index contributed by atoms with van der Waals surface area (Å²) in [7, 11) is 0. The summed E-state index contributed by atoms with van der Waals surface area (Å²) in [5, 5.41) is 0.670. The van der Waals surface area contributed by atoms with Crippen LogP contribution in [-0.2, 0) is 9.59 Å². The molecule has 1 aliphatic rings. The second-order valence-electron chi connectivity index (χ2n) is 5.15. The molecule has 0 bridgehead atoms. The van der Waals surface area contributed by atoms with Gasteiger partial charge in [0.15, 0.2) is 5.75 Å². The summed E-state index contributed by atoms with van der Waals surface area (Å²) in [5.74, 6) is -0.526. The summed E-state index contributed by atoms with van der Waals surface area (Å²) in [5.41, 5.74) is 0. The van der Waals surface area contributed by atoms with Gasteiger partial charge < -0.3 is 9.64 Å². The van der Waals surface area contributed by atoms with Crippen LogP contribution in [0.1, 0.15) is 32.1 Å². The van der Waals surface area contributed by atoms with E-state index in [2.05, 4.69) is 0 Å². The van der Waals surface area contributed by atoms with Crippen LogP contribution in [-0.4, -0.2) is 29.9 Å². The first-order valence-corrected chi connectivity index (χ1v) is 8.24. The van der Waals surface area contributed by atoms with Gasteiger partial charge in [-0.1, -0.05) is 47.6 Å². The van der Waals surface area contributed by atoms with Crippen molar-refractivity contribution in [3.8, 4) is 5.75 Å². The third-order valence-electron chi connectivity index (χ3n) is 3.42. The number of carbonyl (C=O) groups excluding carboxylic acids is 2. The molecule has 0 N–H and O–H groups in total. The fourth-order valence-corrected chi connectivity index (χ4v) is 3.21. The largest absolute Gasteiger partial charge is 0.422 e. The Balaban J connectivity index is 2.01. The fourth-order valence-electron chi connectivity index (χ4n) is 2.31. The molecule has 2 rings (SSSR count). The van der Waals surface area contributed by atoms with Crippen LogP contribution in [0.25, 0.3) is 0 Å². The summed E-state index contributed by atoms with van der Waals surface area (Å²) in [6, 6.07) is 2.89. The molecule has 0 unspecified atom stereocenters. The van der Waals surface area contributed by atoms with E-state index in [1.165, 1.54) is 17.0 Å². The molecule has 1 aliphatic heterocycles. The monoisotopic (exact) mass is 363 g/mol. The van der Waals surface area contributed by atoms with Crippen LogP contribution in [0.3, 0.4) is 0 Å². The smallest absolute Gasteiger partial charge is 0.331 e. The van der Waals surface area contributed by atoms with Gasteiger partial charge in [0, 0.05) is 18.0 Å². The molecule has 0 aromatic heterocycles. The molecule has 1 heterocycles. The van der Waals surface area contributed by atoms with Gasteiger partial charge >= 0.3 is 5.97 Å². The number of halogens is 3. The fraction of sp³-hybridized carbons (Fsp3) is 0.467. The minimum absolute atomic E-state index is 0.0232. The van der Waals surface area contributed by atoms with Crippen molar-refractivity contribution in [2.45, 2.75) is 32.1 Å². The molecule has 1 saturated heterocycles. The van der Waals surface area contributed by atoms with Crippen molar-refractivity contribution in [1.29, 1.82) is 0 Å². The summed E-state index contributed by atoms with van der Waals surface area (Å²) in [6.07, 6.45) is 4.34. The predicted octanol–water partition coefficient (Wildman–Crippen LogP) is 4.34. The van der Waals surface area contributed by atoms with Gasteiger partial charge in [0.05, 0.1) is 10.0 Å². The summed E-state index contributed by atoms with van der Waals surface area (Å²) < 4.78 is 5.20. The summed E-state index contributed by atoms with van der Waals surface area (Å²) in [6.45, 7) is 0.462.